The van der Waals surface area contributed by atoms with Gasteiger partial charge in [-0.1, -0.05) is 35.9 Å². The molecule has 1 aliphatic carbocycles. The quantitative estimate of drug-likeness (QED) is 0.806. The molecule has 2 aromatic carbocycles. The molecular formula is C19H20ClFN2O. The summed E-state index contributed by atoms with van der Waals surface area (Å²) in [5.74, 6) is 0.209. The lowest BCUT2D eigenvalue weighted by molar-refractivity contribution is 0.235. The predicted molar refractivity (Wildman–Crippen MR) is 93.4 cm³/mol. The summed E-state index contributed by atoms with van der Waals surface area (Å²) in [6, 6.07) is 12.3. The largest absolute Gasteiger partial charge is 0.334 e. The standard InChI is InChI=1S/C19H20ClFN2O/c1-12-2-3-13(10-17(12)21)11-22-19(24)23-18(14-4-5-14)15-6-8-16(20)9-7-15/h2-3,6-10,14,18H,4-5,11H2,1H3,(H2,22,23,24)/t18-/m0/s1. The molecule has 2 aromatic rings. The Labute approximate surface area is 146 Å². The molecule has 0 radical (unpaired) electrons. The fourth-order valence-electron chi connectivity index (χ4n) is 2.69. The molecule has 1 aliphatic rings. The Morgan fingerprint density at radius 1 is 1.25 bits per heavy atom. The third kappa shape index (κ3) is 4.26. The van der Waals surface area contributed by atoms with Crippen molar-refractivity contribution >= 4 is 17.6 Å². The minimum absolute atomic E-state index is 0.0166. The lowest BCUT2D eigenvalue weighted by Crippen LogP contribution is -2.38. The zero-order valence-corrected chi connectivity index (χ0v) is 14.2. The van der Waals surface area contributed by atoms with Crippen LogP contribution in [0.3, 0.4) is 0 Å². The smallest absolute Gasteiger partial charge is 0.315 e. The molecule has 0 aromatic heterocycles. The van der Waals surface area contributed by atoms with Crippen LogP contribution >= 0.6 is 11.6 Å². The predicted octanol–water partition coefficient (Wildman–Crippen LogP) is 4.74. The van der Waals surface area contributed by atoms with Crippen LogP contribution in [0, 0.1) is 18.7 Å². The molecule has 1 saturated carbocycles. The summed E-state index contributed by atoms with van der Waals surface area (Å²) >= 11 is 5.93. The van der Waals surface area contributed by atoms with Gasteiger partial charge in [0.1, 0.15) is 5.82 Å². The number of halogens is 2. The zero-order chi connectivity index (χ0) is 17.1. The Bertz CT molecular complexity index is 729. The molecule has 3 rings (SSSR count). The topological polar surface area (TPSA) is 41.1 Å². The SMILES string of the molecule is Cc1ccc(CNC(=O)N[C@H](c2ccc(Cl)cc2)C2CC2)cc1F. The number of carbonyl (C=O) groups excluding carboxylic acids is 1. The fourth-order valence-corrected chi connectivity index (χ4v) is 2.82. The maximum atomic E-state index is 13.5. The van der Waals surface area contributed by atoms with Gasteiger partial charge >= 0.3 is 6.03 Å². The molecule has 0 saturated heterocycles. The van der Waals surface area contributed by atoms with E-state index in [4.69, 9.17) is 11.6 Å². The van der Waals surface area contributed by atoms with E-state index < -0.39 is 0 Å². The van der Waals surface area contributed by atoms with Crippen LogP contribution < -0.4 is 10.6 Å². The summed E-state index contributed by atoms with van der Waals surface area (Å²) in [6.07, 6.45) is 2.22. The average Bonchev–Trinajstić information content (AvgIpc) is 3.39. The van der Waals surface area contributed by atoms with Crippen molar-refractivity contribution in [2.24, 2.45) is 5.92 Å². The number of rotatable bonds is 5. The summed E-state index contributed by atoms with van der Waals surface area (Å²) < 4.78 is 13.5. The van der Waals surface area contributed by atoms with Gasteiger partial charge in [-0.25, -0.2) is 9.18 Å². The minimum Gasteiger partial charge on any atom is -0.334 e. The number of urea groups is 1. The molecule has 0 unspecified atom stereocenters. The van der Waals surface area contributed by atoms with Crippen molar-refractivity contribution in [1.82, 2.24) is 10.6 Å². The first kappa shape index (κ1) is 16.8. The highest BCUT2D eigenvalue weighted by molar-refractivity contribution is 6.30. The molecule has 126 valence electrons. The Balaban J connectivity index is 1.59. The zero-order valence-electron chi connectivity index (χ0n) is 13.5. The molecule has 24 heavy (non-hydrogen) atoms. The Morgan fingerprint density at radius 2 is 1.96 bits per heavy atom. The number of hydrogen-bond acceptors (Lipinski definition) is 1. The molecule has 2 amide bonds. The van der Waals surface area contributed by atoms with E-state index in [0.717, 1.165) is 24.0 Å². The maximum absolute atomic E-state index is 13.5. The minimum atomic E-state index is -0.258. The summed E-state index contributed by atoms with van der Waals surface area (Å²) in [5, 5.41) is 6.50. The number of aryl methyl sites for hydroxylation is 1. The maximum Gasteiger partial charge on any atom is 0.315 e. The first-order chi connectivity index (χ1) is 11.5. The molecule has 0 heterocycles. The Hall–Kier alpha value is -2.07. The Morgan fingerprint density at radius 3 is 2.58 bits per heavy atom. The van der Waals surface area contributed by atoms with E-state index >= 15 is 0 Å². The van der Waals surface area contributed by atoms with Crippen LogP contribution in [0.4, 0.5) is 9.18 Å². The number of carbonyl (C=O) groups is 1. The number of amides is 2. The molecule has 0 bridgehead atoms. The van der Waals surface area contributed by atoms with E-state index in [0.29, 0.717) is 23.0 Å². The summed E-state index contributed by atoms with van der Waals surface area (Å²) in [4.78, 5) is 12.2. The van der Waals surface area contributed by atoms with Crippen LogP contribution in [0.25, 0.3) is 0 Å². The molecule has 0 spiro atoms. The Kier molecular flexibility index (Phi) is 5.05. The summed E-state index contributed by atoms with van der Waals surface area (Å²) in [6.45, 7) is 2.01. The second-order valence-corrected chi connectivity index (χ2v) is 6.71. The van der Waals surface area contributed by atoms with E-state index in [1.165, 1.54) is 6.07 Å². The molecule has 5 heteroatoms. The van der Waals surface area contributed by atoms with Gasteiger partial charge < -0.3 is 10.6 Å². The highest BCUT2D eigenvalue weighted by atomic mass is 35.5. The van der Waals surface area contributed by atoms with Gasteiger partial charge in [0.25, 0.3) is 0 Å². The van der Waals surface area contributed by atoms with Crippen molar-refractivity contribution in [2.75, 3.05) is 0 Å². The number of benzene rings is 2. The van der Waals surface area contributed by atoms with Gasteiger partial charge in [-0.05, 0) is 60.6 Å². The molecular weight excluding hydrogens is 327 g/mol. The van der Waals surface area contributed by atoms with Gasteiger partial charge in [0.2, 0.25) is 0 Å². The lowest BCUT2D eigenvalue weighted by atomic mass is 10.0. The van der Waals surface area contributed by atoms with E-state index in [1.807, 2.05) is 30.3 Å². The second-order valence-electron chi connectivity index (χ2n) is 6.28. The van der Waals surface area contributed by atoms with Gasteiger partial charge in [-0.15, -0.1) is 0 Å². The van der Waals surface area contributed by atoms with Gasteiger partial charge in [-0.3, -0.25) is 0 Å². The van der Waals surface area contributed by atoms with Crippen LogP contribution in [-0.2, 0) is 6.54 Å². The second kappa shape index (κ2) is 7.22. The van der Waals surface area contributed by atoms with Crippen LogP contribution in [-0.4, -0.2) is 6.03 Å². The number of nitrogens with one attached hydrogen (secondary N) is 2. The molecule has 1 fully saturated rings. The van der Waals surface area contributed by atoms with Gasteiger partial charge in [0, 0.05) is 11.6 Å². The highest BCUT2D eigenvalue weighted by Crippen LogP contribution is 2.41. The van der Waals surface area contributed by atoms with Gasteiger partial charge in [0.05, 0.1) is 6.04 Å². The van der Waals surface area contributed by atoms with E-state index in [2.05, 4.69) is 10.6 Å². The van der Waals surface area contributed by atoms with E-state index in [-0.39, 0.29) is 17.9 Å². The third-order valence-corrected chi connectivity index (χ3v) is 4.55. The van der Waals surface area contributed by atoms with Gasteiger partial charge in [-0.2, -0.15) is 0 Å². The molecule has 1 atom stereocenters. The van der Waals surface area contributed by atoms with E-state index in [1.54, 1.807) is 13.0 Å². The van der Waals surface area contributed by atoms with Gasteiger partial charge in [0.15, 0.2) is 0 Å². The molecule has 3 nitrogen and oxygen atoms in total. The lowest BCUT2D eigenvalue weighted by Gasteiger charge is -2.19. The molecule has 0 aliphatic heterocycles. The first-order valence-corrected chi connectivity index (χ1v) is 8.45. The van der Waals surface area contributed by atoms with Crippen molar-refractivity contribution in [3.63, 3.8) is 0 Å². The third-order valence-electron chi connectivity index (χ3n) is 4.30. The van der Waals surface area contributed by atoms with Crippen molar-refractivity contribution < 1.29 is 9.18 Å². The van der Waals surface area contributed by atoms with Crippen LogP contribution in [0.5, 0.6) is 0 Å². The summed E-state index contributed by atoms with van der Waals surface area (Å²) in [7, 11) is 0. The number of hydrogen-bond donors (Lipinski definition) is 2. The van der Waals surface area contributed by atoms with Crippen molar-refractivity contribution in [3.8, 4) is 0 Å². The van der Waals surface area contributed by atoms with Crippen LogP contribution in [0.2, 0.25) is 5.02 Å². The van der Waals surface area contributed by atoms with Crippen molar-refractivity contribution in [1.29, 1.82) is 0 Å². The summed E-state index contributed by atoms with van der Waals surface area (Å²) in [5.41, 5.74) is 2.39. The van der Waals surface area contributed by atoms with Crippen molar-refractivity contribution in [3.05, 3.63) is 70.0 Å². The highest BCUT2D eigenvalue weighted by Gasteiger charge is 2.33. The van der Waals surface area contributed by atoms with E-state index in [9.17, 15) is 9.18 Å². The fraction of sp³-hybridized carbons (Fsp3) is 0.316. The average molecular weight is 347 g/mol. The first-order valence-electron chi connectivity index (χ1n) is 8.08. The molecule has 2 N–H and O–H groups in total. The van der Waals surface area contributed by atoms with Crippen LogP contribution in [0.15, 0.2) is 42.5 Å². The normalized spacial score (nSPS) is 15.0. The van der Waals surface area contributed by atoms with Crippen molar-refractivity contribution in [2.45, 2.75) is 32.4 Å². The van der Waals surface area contributed by atoms with Crippen LogP contribution in [0.1, 0.15) is 35.6 Å². The monoisotopic (exact) mass is 346 g/mol.